The molecule has 1 aliphatic rings. The number of fused-ring (bicyclic) bond motifs is 1. The van der Waals surface area contributed by atoms with Gasteiger partial charge in [0, 0.05) is 49.5 Å². The monoisotopic (exact) mass is 345 g/mol. The molecule has 1 aliphatic heterocycles. The number of rotatable bonds is 4. The Balaban J connectivity index is 1.53. The molecule has 0 bridgehead atoms. The fourth-order valence-corrected chi connectivity index (χ4v) is 3.18. The molecule has 6 nitrogen and oxygen atoms in total. The topological polar surface area (TPSA) is 85.0 Å². The first-order valence-corrected chi connectivity index (χ1v) is 8.57. The van der Waals surface area contributed by atoms with E-state index in [0.717, 1.165) is 35.6 Å². The average Bonchev–Trinajstić information content (AvgIpc) is 2.68. The fourth-order valence-electron chi connectivity index (χ4n) is 3.18. The van der Waals surface area contributed by atoms with Crippen LogP contribution in [0.5, 0.6) is 0 Å². The summed E-state index contributed by atoms with van der Waals surface area (Å²) in [7, 11) is 0. The van der Waals surface area contributed by atoms with Crippen molar-refractivity contribution < 1.29 is 4.79 Å². The van der Waals surface area contributed by atoms with Crippen LogP contribution < -0.4 is 10.6 Å². The third-order valence-electron chi connectivity index (χ3n) is 4.55. The zero-order valence-electron chi connectivity index (χ0n) is 14.3. The van der Waals surface area contributed by atoms with Crippen molar-refractivity contribution in [2.45, 2.75) is 19.4 Å². The Morgan fingerprint density at radius 1 is 1.15 bits per heavy atom. The molecule has 0 radical (unpaired) electrons. The smallest absolute Gasteiger partial charge is 0.220 e. The summed E-state index contributed by atoms with van der Waals surface area (Å²) in [6.07, 6.45) is 4.64. The number of hydrogen-bond acceptors (Lipinski definition) is 6. The van der Waals surface area contributed by atoms with Crippen LogP contribution in [-0.4, -0.2) is 27.3 Å². The molecule has 3 heterocycles. The molecule has 6 heteroatoms. The molecule has 0 saturated heterocycles. The van der Waals surface area contributed by atoms with Crippen LogP contribution in [0.25, 0.3) is 0 Å². The Hall–Kier alpha value is -3.28. The van der Waals surface area contributed by atoms with Gasteiger partial charge in [0.2, 0.25) is 5.95 Å². The van der Waals surface area contributed by atoms with Gasteiger partial charge in [0.1, 0.15) is 5.82 Å². The lowest BCUT2D eigenvalue weighted by Crippen LogP contribution is -2.32. The van der Waals surface area contributed by atoms with Crippen molar-refractivity contribution in [1.29, 1.82) is 0 Å². The number of nitrogens with zero attached hydrogens (tertiary/aromatic N) is 4. The van der Waals surface area contributed by atoms with E-state index in [0.29, 0.717) is 24.5 Å². The minimum absolute atomic E-state index is 0.0911. The normalized spacial score (nSPS) is 13.3. The number of carbonyl (C=O) groups excluding carboxylic acids is 1. The van der Waals surface area contributed by atoms with Gasteiger partial charge in [-0.3, -0.25) is 4.79 Å². The van der Waals surface area contributed by atoms with E-state index in [9.17, 15) is 4.79 Å². The average molecular weight is 345 g/mol. The predicted molar refractivity (Wildman–Crippen MR) is 99.9 cm³/mol. The van der Waals surface area contributed by atoms with Gasteiger partial charge in [-0.05, 0) is 17.7 Å². The molecule has 26 heavy (non-hydrogen) atoms. The Morgan fingerprint density at radius 3 is 2.85 bits per heavy atom. The molecule has 0 atom stereocenters. The Labute approximate surface area is 151 Å². The molecule has 2 N–H and O–H groups in total. The van der Waals surface area contributed by atoms with Gasteiger partial charge in [0.05, 0.1) is 5.69 Å². The van der Waals surface area contributed by atoms with Crippen molar-refractivity contribution >= 4 is 17.5 Å². The van der Waals surface area contributed by atoms with Gasteiger partial charge >= 0.3 is 0 Å². The second-order valence-electron chi connectivity index (χ2n) is 6.36. The van der Waals surface area contributed by atoms with E-state index in [2.05, 4.69) is 19.9 Å². The summed E-state index contributed by atoms with van der Waals surface area (Å²) in [5.41, 5.74) is 9.39. The molecule has 0 unspecified atom stereocenters. The minimum Gasteiger partial charge on any atom is -0.368 e. The summed E-state index contributed by atoms with van der Waals surface area (Å²) in [5, 5.41) is 0. The number of ketones is 1. The lowest BCUT2D eigenvalue weighted by atomic mass is 10.0. The van der Waals surface area contributed by atoms with Crippen molar-refractivity contribution in [2.75, 3.05) is 17.2 Å². The van der Waals surface area contributed by atoms with Crippen molar-refractivity contribution in [3.05, 3.63) is 77.2 Å². The van der Waals surface area contributed by atoms with E-state index in [1.54, 1.807) is 18.5 Å². The molecule has 2 aromatic heterocycles. The van der Waals surface area contributed by atoms with Crippen LogP contribution in [0.15, 0.2) is 54.9 Å². The zero-order chi connectivity index (χ0) is 17.9. The maximum atomic E-state index is 12.6. The fraction of sp³-hybridized carbons (Fsp3) is 0.200. The first kappa shape index (κ1) is 16.2. The summed E-state index contributed by atoms with van der Waals surface area (Å²) >= 11 is 0. The SMILES string of the molecule is Nc1ncc2c(n1)CCN(c1cc(C(=O)Cc3ccccc3)ccn1)C2. The Bertz CT molecular complexity index is 942. The van der Waals surface area contributed by atoms with Gasteiger partial charge < -0.3 is 10.6 Å². The second kappa shape index (κ2) is 6.92. The predicted octanol–water partition coefficient (Wildman–Crippen LogP) is 2.44. The van der Waals surface area contributed by atoms with E-state index in [1.807, 2.05) is 36.4 Å². The van der Waals surface area contributed by atoms with Crippen LogP contribution in [0, 0.1) is 0 Å². The molecule has 0 amide bonds. The van der Waals surface area contributed by atoms with E-state index in [4.69, 9.17) is 5.73 Å². The number of carbonyl (C=O) groups is 1. The van der Waals surface area contributed by atoms with E-state index < -0.39 is 0 Å². The number of hydrogen-bond donors (Lipinski definition) is 1. The number of anilines is 2. The molecule has 0 saturated carbocycles. The van der Waals surface area contributed by atoms with Gasteiger partial charge in [-0.1, -0.05) is 30.3 Å². The van der Waals surface area contributed by atoms with Gasteiger partial charge in [-0.15, -0.1) is 0 Å². The van der Waals surface area contributed by atoms with Gasteiger partial charge in [-0.25, -0.2) is 15.0 Å². The minimum atomic E-state index is 0.0911. The molecular formula is C20H19N5O. The largest absolute Gasteiger partial charge is 0.368 e. The number of aromatic nitrogens is 3. The highest BCUT2D eigenvalue weighted by Crippen LogP contribution is 2.23. The van der Waals surface area contributed by atoms with Gasteiger partial charge in [0.15, 0.2) is 5.78 Å². The quantitative estimate of drug-likeness (QED) is 0.731. The molecule has 0 spiro atoms. The van der Waals surface area contributed by atoms with E-state index in [1.165, 1.54) is 0 Å². The van der Waals surface area contributed by atoms with Crippen molar-refractivity contribution in [2.24, 2.45) is 0 Å². The lowest BCUT2D eigenvalue weighted by Gasteiger charge is -2.29. The standard InChI is InChI=1S/C20H19N5O/c21-20-23-12-16-13-25(9-7-17(16)24-20)19-11-15(6-8-22-19)18(26)10-14-4-2-1-3-5-14/h1-6,8,11-12H,7,9-10,13H2,(H2,21,23,24). The highest BCUT2D eigenvalue weighted by Gasteiger charge is 2.20. The molecule has 0 aliphatic carbocycles. The number of pyridine rings is 1. The highest BCUT2D eigenvalue weighted by molar-refractivity contribution is 5.98. The lowest BCUT2D eigenvalue weighted by molar-refractivity contribution is 0.0993. The molecule has 4 rings (SSSR count). The van der Waals surface area contributed by atoms with Crippen LogP contribution in [0.2, 0.25) is 0 Å². The maximum Gasteiger partial charge on any atom is 0.220 e. The van der Waals surface area contributed by atoms with Crippen LogP contribution >= 0.6 is 0 Å². The zero-order valence-corrected chi connectivity index (χ0v) is 14.3. The first-order valence-electron chi connectivity index (χ1n) is 8.57. The van der Waals surface area contributed by atoms with Crippen molar-refractivity contribution in [1.82, 2.24) is 15.0 Å². The van der Waals surface area contributed by atoms with E-state index >= 15 is 0 Å². The molecule has 0 fully saturated rings. The molecule has 3 aromatic rings. The molecular weight excluding hydrogens is 326 g/mol. The van der Waals surface area contributed by atoms with Crippen molar-refractivity contribution in [3.63, 3.8) is 0 Å². The second-order valence-corrected chi connectivity index (χ2v) is 6.36. The van der Waals surface area contributed by atoms with Gasteiger partial charge in [-0.2, -0.15) is 0 Å². The van der Waals surface area contributed by atoms with Crippen LogP contribution in [0.1, 0.15) is 27.2 Å². The third kappa shape index (κ3) is 3.39. The summed E-state index contributed by atoms with van der Waals surface area (Å²) in [4.78, 5) is 27.6. The molecule has 130 valence electrons. The van der Waals surface area contributed by atoms with Crippen molar-refractivity contribution in [3.8, 4) is 0 Å². The number of Topliss-reactive ketones (excluding diaryl/α,β-unsaturated/α-hetero) is 1. The number of nitrogens with two attached hydrogens (primary N) is 1. The summed E-state index contributed by atoms with van der Waals surface area (Å²) in [6.45, 7) is 1.45. The van der Waals surface area contributed by atoms with Crippen LogP contribution in [0.3, 0.4) is 0 Å². The summed E-state index contributed by atoms with van der Waals surface area (Å²) in [6, 6.07) is 13.4. The molecule has 1 aromatic carbocycles. The Kier molecular flexibility index (Phi) is 4.31. The Morgan fingerprint density at radius 2 is 2.00 bits per heavy atom. The van der Waals surface area contributed by atoms with Crippen LogP contribution in [0.4, 0.5) is 11.8 Å². The van der Waals surface area contributed by atoms with Gasteiger partial charge in [0.25, 0.3) is 0 Å². The first-order chi connectivity index (χ1) is 12.7. The summed E-state index contributed by atoms with van der Waals surface area (Å²) in [5.74, 6) is 1.20. The maximum absolute atomic E-state index is 12.6. The number of nitrogen functional groups attached to an aromatic ring is 1. The highest BCUT2D eigenvalue weighted by atomic mass is 16.1. The van der Waals surface area contributed by atoms with E-state index in [-0.39, 0.29) is 5.78 Å². The third-order valence-corrected chi connectivity index (χ3v) is 4.55. The summed E-state index contributed by atoms with van der Waals surface area (Å²) < 4.78 is 0. The number of benzene rings is 1. The van der Waals surface area contributed by atoms with Crippen LogP contribution in [-0.2, 0) is 19.4 Å².